The van der Waals surface area contributed by atoms with E-state index >= 15 is 0 Å². The van der Waals surface area contributed by atoms with Crippen molar-refractivity contribution in [2.75, 3.05) is 13.2 Å². The van der Waals surface area contributed by atoms with E-state index in [0.29, 0.717) is 41.1 Å². The summed E-state index contributed by atoms with van der Waals surface area (Å²) in [4.78, 5) is 14.4. The van der Waals surface area contributed by atoms with E-state index < -0.39 is 0 Å². The number of halogens is 2. The van der Waals surface area contributed by atoms with Crippen LogP contribution in [0.1, 0.15) is 16.8 Å². The van der Waals surface area contributed by atoms with Gasteiger partial charge in [-0.3, -0.25) is 4.79 Å². The molecule has 0 unspecified atom stereocenters. The minimum Gasteiger partial charge on any atom is -0.484 e. The minimum atomic E-state index is -0.0819. The molecule has 2 heterocycles. The number of benzene rings is 2. The molecule has 5 nitrogen and oxygen atoms in total. The second-order valence-electron chi connectivity index (χ2n) is 6.71. The Morgan fingerprint density at radius 3 is 2.75 bits per heavy atom. The first-order valence-electron chi connectivity index (χ1n) is 8.91. The number of amides is 1. The van der Waals surface area contributed by atoms with Gasteiger partial charge in [-0.2, -0.15) is 0 Å². The fourth-order valence-electron chi connectivity index (χ4n) is 3.20. The van der Waals surface area contributed by atoms with Gasteiger partial charge in [-0.25, -0.2) is 0 Å². The third kappa shape index (κ3) is 3.86. The standard InChI is InChI=1S/C21H18Cl2N2O3/c1-13-10-16(6-7-18(13)23)27-12-20(26)25-9-8-19-17(11-25)21(28-24-19)14-2-4-15(22)5-3-14/h2-7,10H,8-9,11-12H2,1H3. The summed E-state index contributed by atoms with van der Waals surface area (Å²) in [5.74, 6) is 1.22. The number of hydrogen-bond acceptors (Lipinski definition) is 4. The maximum atomic E-state index is 12.7. The number of ether oxygens (including phenoxy) is 1. The van der Waals surface area contributed by atoms with Crippen LogP contribution >= 0.6 is 23.2 Å². The molecule has 1 amide bonds. The fourth-order valence-corrected chi connectivity index (χ4v) is 3.44. The highest BCUT2D eigenvalue weighted by atomic mass is 35.5. The molecule has 28 heavy (non-hydrogen) atoms. The Hall–Kier alpha value is -2.50. The number of aromatic nitrogens is 1. The monoisotopic (exact) mass is 416 g/mol. The van der Waals surface area contributed by atoms with Crippen molar-refractivity contribution in [2.45, 2.75) is 19.9 Å². The predicted octanol–water partition coefficient (Wildman–Crippen LogP) is 4.92. The molecule has 1 aliphatic rings. The van der Waals surface area contributed by atoms with Crippen molar-refractivity contribution >= 4 is 29.1 Å². The Kier molecular flexibility index (Phi) is 5.29. The third-order valence-electron chi connectivity index (χ3n) is 4.79. The molecule has 0 saturated heterocycles. The Bertz CT molecular complexity index is 1010. The zero-order valence-corrected chi connectivity index (χ0v) is 16.8. The second-order valence-corrected chi connectivity index (χ2v) is 7.55. The highest BCUT2D eigenvalue weighted by Crippen LogP contribution is 2.31. The third-order valence-corrected chi connectivity index (χ3v) is 5.46. The molecule has 1 aromatic heterocycles. The van der Waals surface area contributed by atoms with Crippen molar-refractivity contribution in [3.05, 3.63) is 69.3 Å². The van der Waals surface area contributed by atoms with Crippen LogP contribution in [0.2, 0.25) is 10.0 Å². The number of rotatable bonds is 4. The van der Waals surface area contributed by atoms with E-state index in [1.54, 1.807) is 29.2 Å². The fraction of sp³-hybridized carbons (Fsp3) is 0.238. The van der Waals surface area contributed by atoms with Crippen LogP contribution in [0.15, 0.2) is 47.0 Å². The van der Waals surface area contributed by atoms with E-state index in [9.17, 15) is 4.79 Å². The van der Waals surface area contributed by atoms with Crippen LogP contribution in [-0.4, -0.2) is 29.1 Å². The van der Waals surface area contributed by atoms with Crippen LogP contribution < -0.4 is 4.74 Å². The number of aryl methyl sites for hydroxylation is 1. The van der Waals surface area contributed by atoms with E-state index in [4.69, 9.17) is 32.5 Å². The van der Waals surface area contributed by atoms with Crippen molar-refractivity contribution in [2.24, 2.45) is 0 Å². The van der Waals surface area contributed by atoms with Crippen LogP contribution in [0.3, 0.4) is 0 Å². The first-order valence-corrected chi connectivity index (χ1v) is 9.67. The average molecular weight is 417 g/mol. The molecule has 7 heteroatoms. The Morgan fingerprint density at radius 2 is 2.00 bits per heavy atom. The summed E-state index contributed by atoms with van der Waals surface area (Å²) in [5, 5.41) is 5.50. The molecule has 0 aliphatic carbocycles. The van der Waals surface area contributed by atoms with Gasteiger partial charge in [0, 0.05) is 34.1 Å². The van der Waals surface area contributed by atoms with Gasteiger partial charge in [0.15, 0.2) is 12.4 Å². The lowest BCUT2D eigenvalue weighted by molar-refractivity contribution is -0.134. The number of nitrogens with zero attached hydrogens (tertiary/aromatic N) is 2. The van der Waals surface area contributed by atoms with Gasteiger partial charge in [-0.1, -0.05) is 28.4 Å². The van der Waals surface area contributed by atoms with Crippen molar-refractivity contribution in [3.8, 4) is 17.1 Å². The van der Waals surface area contributed by atoms with Crippen molar-refractivity contribution in [1.29, 1.82) is 0 Å². The van der Waals surface area contributed by atoms with Crippen molar-refractivity contribution < 1.29 is 14.1 Å². The Labute approximate surface area is 172 Å². The lowest BCUT2D eigenvalue weighted by Gasteiger charge is -2.26. The van der Waals surface area contributed by atoms with Gasteiger partial charge in [-0.15, -0.1) is 0 Å². The molecule has 0 bridgehead atoms. The van der Waals surface area contributed by atoms with Gasteiger partial charge >= 0.3 is 0 Å². The first kappa shape index (κ1) is 18.8. The maximum absolute atomic E-state index is 12.7. The lowest BCUT2D eigenvalue weighted by Crippen LogP contribution is -2.38. The number of fused-ring (bicyclic) bond motifs is 1. The molecule has 144 valence electrons. The van der Waals surface area contributed by atoms with Gasteiger partial charge in [-0.05, 0) is 55.0 Å². The molecule has 0 fully saturated rings. The maximum Gasteiger partial charge on any atom is 0.260 e. The van der Waals surface area contributed by atoms with Crippen molar-refractivity contribution in [1.82, 2.24) is 10.1 Å². The van der Waals surface area contributed by atoms with E-state index in [1.165, 1.54) is 0 Å². The van der Waals surface area contributed by atoms with Crippen LogP contribution in [-0.2, 0) is 17.8 Å². The smallest absolute Gasteiger partial charge is 0.260 e. The molecule has 0 saturated carbocycles. The van der Waals surface area contributed by atoms with E-state index in [0.717, 1.165) is 22.4 Å². The molecule has 0 spiro atoms. The van der Waals surface area contributed by atoms with Gasteiger partial charge in [0.05, 0.1) is 12.2 Å². The highest BCUT2D eigenvalue weighted by molar-refractivity contribution is 6.31. The summed E-state index contributed by atoms with van der Waals surface area (Å²) in [5.41, 5.74) is 3.62. The SMILES string of the molecule is Cc1cc(OCC(=O)N2CCc3noc(-c4ccc(Cl)cc4)c3C2)ccc1Cl. The van der Waals surface area contributed by atoms with E-state index in [1.807, 2.05) is 25.1 Å². The summed E-state index contributed by atoms with van der Waals surface area (Å²) in [7, 11) is 0. The molecular weight excluding hydrogens is 399 g/mol. The Balaban J connectivity index is 1.45. The number of carbonyl (C=O) groups is 1. The largest absolute Gasteiger partial charge is 0.484 e. The lowest BCUT2D eigenvalue weighted by atomic mass is 10.0. The summed E-state index contributed by atoms with van der Waals surface area (Å²) < 4.78 is 11.2. The molecule has 0 radical (unpaired) electrons. The molecule has 1 aliphatic heterocycles. The zero-order chi connectivity index (χ0) is 19.7. The highest BCUT2D eigenvalue weighted by Gasteiger charge is 2.27. The quantitative estimate of drug-likeness (QED) is 0.605. The van der Waals surface area contributed by atoms with Gasteiger partial charge in [0.2, 0.25) is 0 Å². The molecule has 0 atom stereocenters. The first-order chi connectivity index (χ1) is 13.5. The topological polar surface area (TPSA) is 55.6 Å². The van der Waals surface area contributed by atoms with Gasteiger partial charge < -0.3 is 14.2 Å². The summed E-state index contributed by atoms with van der Waals surface area (Å²) in [6.45, 7) is 2.89. The van der Waals surface area contributed by atoms with Crippen LogP contribution in [0, 0.1) is 6.92 Å². The Morgan fingerprint density at radius 1 is 1.21 bits per heavy atom. The minimum absolute atomic E-state index is 0.0298. The summed E-state index contributed by atoms with van der Waals surface area (Å²) in [6, 6.07) is 12.7. The van der Waals surface area contributed by atoms with Crippen LogP contribution in [0.4, 0.5) is 0 Å². The normalized spacial score (nSPS) is 13.3. The van der Waals surface area contributed by atoms with E-state index in [-0.39, 0.29) is 12.5 Å². The predicted molar refractivity (Wildman–Crippen MR) is 108 cm³/mol. The summed E-state index contributed by atoms with van der Waals surface area (Å²) >= 11 is 12.0. The van der Waals surface area contributed by atoms with Gasteiger partial charge in [0.25, 0.3) is 5.91 Å². The summed E-state index contributed by atoms with van der Waals surface area (Å²) in [6.07, 6.45) is 0.651. The number of hydrogen-bond donors (Lipinski definition) is 0. The van der Waals surface area contributed by atoms with Crippen LogP contribution in [0.5, 0.6) is 5.75 Å². The van der Waals surface area contributed by atoms with E-state index in [2.05, 4.69) is 5.16 Å². The second kappa shape index (κ2) is 7.86. The number of carbonyl (C=O) groups excluding carboxylic acids is 1. The zero-order valence-electron chi connectivity index (χ0n) is 15.2. The molecule has 4 rings (SSSR count). The molecule has 2 aromatic carbocycles. The molecule has 3 aromatic rings. The molecule has 0 N–H and O–H groups in total. The molecular formula is C21H18Cl2N2O3. The van der Waals surface area contributed by atoms with Crippen LogP contribution in [0.25, 0.3) is 11.3 Å². The van der Waals surface area contributed by atoms with Crippen molar-refractivity contribution in [3.63, 3.8) is 0 Å². The van der Waals surface area contributed by atoms with Gasteiger partial charge in [0.1, 0.15) is 5.75 Å². The average Bonchev–Trinajstić information content (AvgIpc) is 3.12.